The number of amides is 1. The number of carbonyl (C=O) groups excluding carboxylic acids is 3. The summed E-state index contributed by atoms with van der Waals surface area (Å²) < 4.78 is 88.6. The molecule has 0 spiro atoms. The van der Waals surface area contributed by atoms with Crippen LogP contribution in [0.15, 0.2) is 36.8 Å². The Hall–Kier alpha value is -3.96. The number of halogens is 9. The predicted molar refractivity (Wildman–Crippen MR) is 156 cm³/mol. The van der Waals surface area contributed by atoms with Crippen LogP contribution in [0.1, 0.15) is 32.4 Å². The first-order valence-corrected chi connectivity index (χ1v) is 14.3. The lowest BCUT2D eigenvalue weighted by Gasteiger charge is -2.34. The normalized spacial score (nSPS) is 14.6. The van der Waals surface area contributed by atoms with Gasteiger partial charge in [-0.25, -0.2) is 9.37 Å². The third kappa shape index (κ3) is 8.90. The number of nitrogens with zero attached hydrogens (tertiary/aromatic N) is 4. The summed E-state index contributed by atoms with van der Waals surface area (Å²) >= 11 is 12.4. The highest BCUT2D eigenvalue weighted by atomic mass is 35.5. The smallest absolute Gasteiger partial charge is 0.458 e. The number of hydrogen-bond acceptors (Lipinski definition) is 8. The van der Waals surface area contributed by atoms with E-state index in [-0.39, 0.29) is 27.5 Å². The van der Waals surface area contributed by atoms with E-state index in [0.717, 1.165) is 18.7 Å². The molecule has 0 bridgehead atoms. The lowest BCUT2D eigenvalue weighted by Crippen LogP contribution is -2.53. The number of Topliss-reactive ketones (excluding diaryl/α,β-unsaturated/α-hetero) is 2. The lowest BCUT2D eigenvalue weighted by atomic mass is 10.0. The van der Waals surface area contributed by atoms with Crippen LogP contribution in [0.5, 0.6) is 5.75 Å². The molecule has 256 valence electrons. The van der Waals surface area contributed by atoms with E-state index >= 15 is 0 Å². The average Bonchev–Trinajstić information content (AvgIpc) is 3.50. The number of nitrogens with two attached hydrogens (primary N) is 1. The number of hydrogen-bond donors (Lipinski definition) is 2. The number of pyridine rings is 1. The maximum Gasteiger partial charge on any atom is 0.458 e. The maximum absolute atomic E-state index is 14.0. The van der Waals surface area contributed by atoms with Crippen LogP contribution in [0.4, 0.5) is 36.6 Å². The van der Waals surface area contributed by atoms with Gasteiger partial charge in [0.1, 0.15) is 17.5 Å². The Bertz CT molecular complexity index is 1620. The quantitative estimate of drug-likeness (QED) is 0.186. The minimum Gasteiger partial charge on any atom is -0.482 e. The average molecular weight is 715 g/mol. The molecule has 1 saturated heterocycles. The number of nitrogen functional groups attached to an aromatic ring is 1. The maximum atomic E-state index is 14.0. The number of carbonyl (C=O) groups is 3. The molecule has 0 radical (unpaired) electrons. The molecule has 4 rings (SSSR count). The zero-order valence-corrected chi connectivity index (χ0v) is 26.3. The minimum atomic E-state index is -5.77. The van der Waals surface area contributed by atoms with Crippen molar-refractivity contribution in [3.63, 3.8) is 0 Å². The summed E-state index contributed by atoms with van der Waals surface area (Å²) in [6.45, 7) is 8.26. The highest BCUT2D eigenvalue weighted by Crippen LogP contribution is 2.37. The fourth-order valence-corrected chi connectivity index (χ4v) is 4.94. The zero-order chi connectivity index (χ0) is 35.5. The molecular weight excluding hydrogens is 688 g/mol. The summed E-state index contributed by atoms with van der Waals surface area (Å²) in [7, 11) is 0. The number of rotatable bonds is 7. The highest BCUT2D eigenvalue weighted by molar-refractivity contribution is 6.41. The van der Waals surface area contributed by atoms with Gasteiger partial charge in [-0.1, -0.05) is 23.2 Å². The van der Waals surface area contributed by atoms with Crippen molar-refractivity contribution in [2.75, 3.05) is 31.9 Å². The molecule has 3 N–H and O–H groups in total. The van der Waals surface area contributed by atoms with Crippen LogP contribution >= 0.6 is 23.2 Å². The van der Waals surface area contributed by atoms with Crippen molar-refractivity contribution in [2.45, 2.75) is 44.8 Å². The van der Waals surface area contributed by atoms with E-state index in [2.05, 4.69) is 15.4 Å². The van der Waals surface area contributed by atoms with Crippen LogP contribution in [-0.4, -0.2) is 75.7 Å². The highest BCUT2D eigenvalue weighted by Gasteiger charge is 2.54. The van der Waals surface area contributed by atoms with Crippen LogP contribution in [0.3, 0.4) is 0 Å². The molecular formula is C28H27Cl2F7N6O4. The van der Waals surface area contributed by atoms with Gasteiger partial charge in [-0.3, -0.25) is 19.1 Å². The second-order valence-electron chi connectivity index (χ2n) is 10.6. The monoisotopic (exact) mass is 714 g/mol. The number of nitrogens with one attached hydrogen (secondary N) is 1. The third-order valence-electron chi connectivity index (χ3n) is 6.81. The number of ether oxygens (including phenoxy) is 1. The molecule has 47 heavy (non-hydrogen) atoms. The van der Waals surface area contributed by atoms with Crippen LogP contribution in [-0.2, 0) is 19.9 Å². The first kappa shape index (κ1) is 37.5. The van der Waals surface area contributed by atoms with Gasteiger partial charge in [0.2, 0.25) is 5.91 Å². The van der Waals surface area contributed by atoms with Gasteiger partial charge in [-0.2, -0.15) is 31.4 Å². The minimum absolute atomic E-state index is 0.00535. The standard InChI is InChI=1S/C24H27Cl2FN6O2.C4F6O2/c1-14(20-17(25)4-5-18(27)21(20)26)35-19-10-15(11-30-22(19)28)16-12-31-33(13-16)24(2,3)23(34)32-8-6-29-7-9-32;5-3(6,7)1(11)2(12)4(8,9)10/h4-5,10-14,29H,6-9H2,1-3H3,(H2,28,30);. The van der Waals surface area contributed by atoms with Gasteiger partial charge in [0.25, 0.3) is 0 Å². The molecule has 1 unspecified atom stereocenters. The summed E-state index contributed by atoms with van der Waals surface area (Å²) in [4.78, 5) is 38.5. The van der Waals surface area contributed by atoms with Crippen molar-refractivity contribution in [3.05, 3.63) is 58.2 Å². The van der Waals surface area contributed by atoms with E-state index in [1.165, 1.54) is 12.1 Å². The fourth-order valence-electron chi connectivity index (χ4n) is 4.26. The van der Waals surface area contributed by atoms with Gasteiger partial charge in [-0.15, -0.1) is 0 Å². The van der Waals surface area contributed by atoms with Gasteiger partial charge in [0, 0.05) is 60.3 Å². The SMILES string of the molecule is CC(Oc1cc(-c2cnn(C(C)(C)C(=O)N3CCNCC3)c2)cnc1N)c1c(Cl)ccc(F)c1Cl.O=C(C(=O)C(F)(F)F)C(F)(F)F. The van der Waals surface area contributed by atoms with Crippen molar-refractivity contribution in [1.29, 1.82) is 0 Å². The molecule has 1 aliphatic rings. The number of anilines is 1. The Kier molecular flexibility index (Phi) is 11.5. The summed E-state index contributed by atoms with van der Waals surface area (Å²) in [6, 6.07) is 4.34. The van der Waals surface area contributed by atoms with Crippen LogP contribution < -0.4 is 15.8 Å². The molecule has 1 aliphatic heterocycles. The molecule has 3 heterocycles. The fraction of sp³-hybridized carbons (Fsp3) is 0.393. The summed E-state index contributed by atoms with van der Waals surface area (Å²) in [5.74, 6) is -6.95. The summed E-state index contributed by atoms with van der Waals surface area (Å²) in [5.41, 5.74) is 6.92. The number of alkyl halides is 6. The summed E-state index contributed by atoms with van der Waals surface area (Å²) in [5, 5.41) is 7.88. The number of benzene rings is 1. The van der Waals surface area contributed by atoms with Crippen molar-refractivity contribution in [2.24, 2.45) is 0 Å². The third-order valence-corrected chi connectivity index (χ3v) is 7.52. The van der Waals surface area contributed by atoms with Gasteiger partial charge < -0.3 is 20.7 Å². The first-order valence-electron chi connectivity index (χ1n) is 13.5. The van der Waals surface area contributed by atoms with Crippen LogP contribution in [0.25, 0.3) is 11.1 Å². The molecule has 0 aliphatic carbocycles. The zero-order valence-electron chi connectivity index (χ0n) is 24.8. The van der Waals surface area contributed by atoms with Crippen molar-refractivity contribution >= 4 is 46.5 Å². The molecule has 1 atom stereocenters. The van der Waals surface area contributed by atoms with Crippen LogP contribution in [0, 0.1) is 5.82 Å². The number of piperazine rings is 1. The summed E-state index contributed by atoms with van der Waals surface area (Å²) in [6.07, 6.45) is -7.18. The Morgan fingerprint density at radius 3 is 2.11 bits per heavy atom. The molecule has 10 nitrogen and oxygen atoms in total. The van der Waals surface area contributed by atoms with Crippen LogP contribution in [0.2, 0.25) is 10.0 Å². The van der Waals surface area contributed by atoms with E-state index < -0.39 is 41.4 Å². The van der Waals surface area contributed by atoms with Gasteiger partial charge in [0.15, 0.2) is 11.6 Å². The van der Waals surface area contributed by atoms with Gasteiger partial charge in [0.05, 0.1) is 11.2 Å². The number of ketones is 2. The Labute approximate surface area is 272 Å². The Morgan fingerprint density at radius 1 is 0.979 bits per heavy atom. The molecule has 19 heteroatoms. The topological polar surface area (TPSA) is 132 Å². The van der Waals surface area contributed by atoms with Gasteiger partial charge >= 0.3 is 23.9 Å². The van der Waals surface area contributed by atoms with E-state index in [1.807, 2.05) is 18.7 Å². The largest absolute Gasteiger partial charge is 0.482 e. The van der Waals surface area contributed by atoms with E-state index in [9.17, 15) is 45.1 Å². The molecule has 2 aromatic heterocycles. The van der Waals surface area contributed by atoms with E-state index in [4.69, 9.17) is 33.7 Å². The Balaban J connectivity index is 0.000000426. The molecule has 3 aromatic rings. The van der Waals surface area contributed by atoms with Crippen molar-refractivity contribution in [3.8, 4) is 16.9 Å². The predicted octanol–water partition coefficient (Wildman–Crippen LogP) is 5.53. The molecule has 1 amide bonds. The molecule has 1 fully saturated rings. The van der Waals surface area contributed by atoms with Crippen molar-refractivity contribution < 1.29 is 49.9 Å². The van der Waals surface area contributed by atoms with Crippen molar-refractivity contribution in [1.82, 2.24) is 25.0 Å². The number of aromatic nitrogens is 3. The van der Waals surface area contributed by atoms with E-state index in [1.54, 1.807) is 36.3 Å². The molecule has 1 aromatic carbocycles. The molecule has 0 saturated carbocycles. The Morgan fingerprint density at radius 2 is 1.55 bits per heavy atom. The first-order chi connectivity index (χ1) is 21.7. The van der Waals surface area contributed by atoms with Gasteiger partial charge in [-0.05, 0) is 39.0 Å². The van der Waals surface area contributed by atoms with E-state index in [0.29, 0.717) is 24.2 Å². The lowest BCUT2D eigenvalue weighted by molar-refractivity contribution is -0.193. The second kappa shape index (κ2) is 14.4. The second-order valence-corrected chi connectivity index (χ2v) is 11.3.